The molecule has 3 aromatic carbocycles. The fraction of sp³-hybridized carbons (Fsp3) is 0.174. The lowest BCUT2D eigenvalue weighted by molar-refractivity contribution is 0.0781. The minimum Gasteiger partial charge on any atom is -0.496 e. The molecule has 0 bridgehead atoms. The van der Waals surface area contributed by atoms with Crippen LogP contribution in [0.2, 0.25) is 0 Å². The average Bonchev–Trinajstić information content (AvgIpc) is 2.73. The van der Waals surface area contributed by atoms with E-state index in [2.05, 4.69) is 12.1 Å². The van der Waals surface area contributed by atoms with Crippen LogP contribution in [0, 0.1) is 0 Å². The maximum Gasteiger partial charge on any atom is 0.255 e. The molecule has 0 aliphatic heterocycles. The Hall–Kier alpha value is -2.72. The Kier molecular flexibility index (Phi) is 6.55. The highest BCUT2D eigenvalue weighted by molar-refractivity contribution is 7.98. The van der Waals surface area contributed by atoms with Crippen molar-refractivity contribution >= 4 is 17.7 Å². The summed E-state index contributed by atoms with van der Waals surface area (Å²) in [5.74, 6) is 1.64. The van der Waals surface area contributed by atoms with Gasteiger partial charge in [0.15, 0.2) is 0 Å². The summed E-state index contributed by atoms with van der Waals surface area (Å²) >= 11 is 1.69. The Bertz CT molecular complexity index is 896. The Balaban J connectivity index is 1.74. The molecule has 0 aliphatic rings. The molecular weight excluding hydrogens is 354 g/mol. The third kappa shape index (κ3) is 4.92. The summed E-state index contributed by atoms with van der Waals surface area (Å²) in [6.45, 7) is 0.501. The summed E-state index contributed by atoms with van der Waals surface area (Å²) in [7, 11) is 3.48. The van der Waals surface area contributed by atoms with Crippen molar-refractivity contribution in [2.24, 2.45) is 0 Å². The highest BCUT2D eigenvalue weighted by Crippen LogP contribution is 2.28. The van der Waals surface area contributed by atoms with Crippen LogP contribution in [0.4, 0.5) is 0 Å². The smallest absolute Gasteiger partial charge is 0.255 e. The molecule has 0 aliphatic carbocycles. The number of nitrogens with zero attached hydrogens (tertiary/aromatic N) is 1. The summed E-state index contributed by atoms with van der Waals surface area (Å²) in [5.41, 5.74) is 2.97. The van der Waals surface area contributed by atoms with Crippen LogP contribution in [0.15, 0.2) is 83.8 Å². The van der Waals surface area contributed by atoms with Crippen molar-refractivity contribution in [3.63, 3.8) is 0 Å². The minimum absolute atomic E-state index is 0.0112. The summed E-state index contributed by atoms with van der Waals surface area (Å²) < 4.78 is 5.40. The predicted molar refractivity (Wildman–Crippen MR) is 111 cm³/mol. The number of hydrogen-bond donors (Lipinski definition) is 0. The standard InChI is InChI=1S/C23H23NO2S/c1-24(16-19-12-6-8-14-21(19)26-2)23(25)20-13-7-9-15-22(20)27-17-18-10-4-3-5-11-18/h3-15H,16-17H2,1-2H3. The van der Waals surface area contributed by atoms with E-state index in [0.717, 1.165) is 27.5 Å². The Morgan fingerprint density at radius 1 is 0.926 bits per heavy atom. The van der Waals surface area contributed by atoms with Gasteiger partial charge >= 0.3 is 0 Å². The maximum atomic E-state index is 13.1. The lowest BCUT2D eigenvalue weighted by Gasteiger charge is -2.20. The van der Waals surface area contributed by atoms with E-state index in [4.69, 9.17) is 4.74 Å². The SMILES string of the molecule is COc1ccccc1CN(C)C(=O)c1ccccc1SCc1ccccc1. The molecule has 4 heteroatoms. The van der Waals surface area contributed by atoms with Gasteiger partial charge in [0, 0.05) is 29.8 Å². The molecule has 3 aromatic rings. The van der Waals surface area contributed by atoms with Gasteiger partial charge in [-0.05, 0) is 23.8 Å². The number of amides is 1. The molecule has 1 amide bonds. The van der Waals surface area contributed by atoms with Crippen molar-refractivity contribution in [3.05, 3.63) is 95.6 Å². The van der Waals surface area contributed by atoms with E-state index in [9.17, 15) is 4.79 Å². The number of benzene rings is 3. The number of hydrogen-bond acceptors (Lipinski definition) is 3. The van der Waals surface area contributed by atoms with Crippen LogP contribution in [-0.4, -0.2) is 25.0 Å². The first kappa shape index (κ1) is 19.1. The van der Waals surface area contributed by atoms with Gasteiger partial charge in [0.25, 0.3) is 5.91 Å². The van der Waals surface area contributed by atoms with Gasteiger partial charge in [-0.2, -0.15) is 0 Å². The Labute approximate surface area is 165 Å². The van der Waals surface area contributed by atoms with Crippen molar-refractivity contribution in [1.82, 2.24) is 4.90 Å². The van der Waals surface area contributed by atoms with Crippen molar-refractivity contribution in [3.8, 4) is 5.75 Å². The number of methoxy groups -OCH3 is 1. The molecule has 0 radical (unpaired) electrons. The summed E-state index contributed by atoms with van der Waals surface area (Å²) in [6, 6.07) is 25.9. The summed E-state index contributed by atoms with van der Waals surface area (Å²) in [5, 5.41) is 0. The molecular formula is C23H23NO2S. The molecule has 0 heterocycles. The molecule has 138 valence electrons. The number of para-hydroxylation sites is 1. The van der Waals surface area contributed by atoms with Crippen LogP contribution >= 0.6 is 11.8 Å². The topological polar surface area (TPSA) is 29.5 Å². The van der Waals surface area contributed by atoms with Gasteiger partial charge in [-0.1, -0.05) is 60.7 Å². The van der Waals surface area contributed by atoms with Crippen LogP contribution in [0.25, 0.3) is 0 Å². The van der Waals surface area contributed by atoms with Crippen molar-refractivity contribution < 1.29 is 9.53 Å². The van der Waals surface area contributed by atoms with Gasteiger partial charge in [-0.3, -0.25) is 4.79 Å². The van der Waals surface area contributed by atoms with E-state index < -0.39 is 0 Å². The van der Waals surface area contributed by atoms with Crippen LogP contribution in [-0.2, 0) is 12.3 Å². The molecule has 0 aromatic heterocycles. The maximum absolute atomic E-state index is 13.1. The van der Waals surface area contributed by atoms with E-state index in [0.29, 0.717) is 6.54 Å². The third-order valence-electron chi connectivity index (χ3n) is 4.30. The van der Waals surface area contributed by atoms with Gasteiger partial charge < -0.3 is 9.64 Å². The molecule has 0 N–H and O–H groups in total. The quantitative estimate of drug-likeness (QED) is 0.526. The van der Waals surface area contributed by atoms with E-state index in [1.165, 1.54) is 5.56 Å². The number of rotatable bonds is 7. The lowest BCUT2D eigenvalue weighted by atomic mass is 10.1. The van der Waals surface area contributed by atoms with Gasteiger partial charge in [0.1, 0.15) is 5.75 Å². The van der Waals surface area contributed by atoms with Gasteiger partial charge in [0.05, 0.1) is 12.7 Å². The second-order valence-electron chi connectivity index (χ2n) is 6.24. The molecule has 0 spiro atoms. The van der Waals surface area contributed by atoms with Gasteiger partial charge in [-0.15, -0.1) is 11.8 Å². The monoisotopic (exact) mass is 377 g/mol. The highest BCUT2D eigenvalue weighted by atomic mass is 32.2. The predicted octanol–water partition coefficient (Wildman–Crippen LogP) is 5.26. The second-order valence-corrected chi connectivity index (χ2v) is 7.26. The van der Waals surface area contributed by atoms with Crippen LogP contribution in [0.3, 0.4) is 0 Å². The lowest BCUT2D eigenvalue weighted by Crippen LogP contribution is -2.26. The number of carbonyl (C=O) groups excluding carboxylic acids is 1. The molecule has 3 rings (SSSR count). The molecule has 0 fully saturated rings. The van der Waals surface area contributed by atoms with E-state index in [1.807, 2.05) is 73.8 Å². The third-order valence-corrected chi connectivity index (χ3v) is 5.45. The van der Waals surface area contributed by atoms with Crippen molar-refractivity contribution in [1.29, 1.82) is 0 Å². The van der Waals surface area contributed by atoms with E-state index in [1.54, 1.807) is 23.8 Å². The fourth-order valence-electron chi connectivity index (χ4n) is 2.87. The molecule has 0 saturated carbocycles. The molecule has 27 heavy (non-hydrogen) atoms. The zero-order chi connectivity index (χ0) is 19.1. The summed E-state index contributed by atoms with van der Waals surface area (Å²) in [4.78, 5) is 15.8. The minimum atomic E-state index is 0.0112. The first-order valence-corrected chi connectivity index (χ1v) is 9.80. The molecule has 3 nitrogen and oxygen atoms in total. The van der Waals surface area contributed by atoms with E-state index >= 15 is 0 Å². The normalized spacial score (nSPS) is 10.4. The van der Waals surface area contributed by atoms with Crippen molar-refractivity contribution in [2.45, 2.75) is 17.2 Å². The van der Waals surface area contributed by atoms with Gasteiger partial charge in [-0.25, -0.2) is 0 Å². The number of thioether (sulfide) groups is 1. The van der Waals surface area contributed by atoms with Crippen LogP contribution in [0.1, 0.15) is 21.5 Å². The molecule has 0 atom stereocenters. The first-order chi connectivity index (χ1) is 13.2. The molecule has 0 unspecified atom stereocenters. The number of ether oxygens (including phenoxy) is 1. The Morgan fingerprint density at radius 2 is 1.59 bits per heavy atom. The zero-order valence-corrected chi connectivity index (χ0v) is 16.4. The molecule has 0 saturated heterocycles. The highest BCUT2D eigenvalue weighted by Gasteiger charge is 2.17. The Morgan fingerprint density at radius 3 is 2.37 bits per heavy atom. The number of carbonyl (C=O) groups is 1. The summed E-state index contributed by atoms with van der Waals surface area (Å²) in [6.07, 6.45) is 0. The largest absolute Gasteiger partial charge is 0.496 e. The van der Waals surface area contributed by atoms with Crippen molar-refractivity contribution in [2.75, 3.05) is 14.2 Å². The van der Waals surface area contributed by atoms with E-state index in [-0.39, 0.29) is 5.91 Å². The first-order valence-electron chi connectivity index (χ1n) is 8.82. The fourth-order valence-corrected chi connectivity index (χ4v) is 3.87. The second kappa shape index (κ2) is 9.28. The van der Waals surface area contributed by atoms with Crippen LogP contribution in [0.5, 0.6) is 5.75 Å². The average molecular weight is 378 g/mol. The van der Waals surface area contributed by atoms with Crippen LogP contribution < -0.4 is 4.74 Å². The zero-order valence-electron chi connectivity index (χ0n) is 15.6. The van der Waals surface area contributed by atoms with Gasteiger partial charge in [0.2, 0.25) is 0 Å².